The first-order valence-electron chi connectivity index (χ1n) is 6.04. The highest BCUT2D eigenvalue weighted by Gasteiger charge is 2.25. The molecule has 3 heteroatoms. The molecular formula is C14H14BrNO. The number of halogens is 1. The van der Waals surface area contributed by atoms with Gasteiger partial charge in [0.2, 0.25) is 0 Å². The Morgan fingerprint density at radius 3 is 2.76 bits per heavy atom. The predicted molar refractivity (Wildman–Crippen MR) is 73.6 cm³/mol. The Morgan fingerprint density at radius 2 is 2.12 bits per heavy atom. The maximum absolute atomic E-state index is 12.1. The molecule has 2 nitrogen and oxygen atoms in total. The zero-order valence-electron chi connectivity index (χ0n) is 9.72. The van der Waals surface area contributed by atoms with Crippen molar-refractivity contribution in [3.05, 3.63) is 44.2 Å². The molecule has 1 aliphatic rings. The number of benzene rings is 1. The molecule has 0 unspecified atom stereocenters. The minimum atomic E-state index is 0.136. The molecule has 0 aliphatic heterocycles. The van der Waals surface area contributed by atoms with Crippen molar-refractivity contribution >= 4 is 26.8 Å². The van der Waals surface area contributed by atoms with E-state index in [2.05, 4.69) is 33.9 Å². The fourth-order valence-corrected chi connectivity index (χ4v) is 2.80. The summed E-state index contributed by atoms with van der Waals surface area (Å²) in [5.74, 6) is 0.584. The van der Waals surface area contributed by atoms with Crippen LogP contribution in [-0.4, -0.2) is 4.98 Å². The average Bonchev–Trinajstić information content (AvgIpc) is 3.12. The third-order valence-electron chi connectivity index (χ3n) is 3.40. The Balaban J connectivity index is 2.35. The molecule has 0 atom stereocenters. The molecule has 2 aromatic rings. The Morgan fingerprint density at radius 1 is 1.35 bits per heavy atom. The van der Waals surface area contributed by atoms with E-state index in [1.165, 1.54) is 18.4 Å². The molecule has 0 amide bonds. The van der Waals surface area contributed by atoms with Crippen molar-refractivity contribution in [3.63, 3.8) is 0 Å². The summed E-state index contributed by atoms with van der Waals surface area (Å²) < 4.78 is 0.978. The number of pyridine rings is 1. The van der Waals surface area contributed by atoms with Crippen LogP contribution in [0.4, 0.5) is 0 Å². The number of aromatic amines is 1. The summed E-state index contributed by atoms with van der Waals surface area (Å²) >= 11 is 3.47. The lowest BCUT2D eigenvalue weighted by atomic mass is 10.1. The molecule has 17 heavy (non-hydrogen) atoms. The number of aromatic nitrogens is 1. The summed E-state index contributed by atoms with van der Waals surface area (Å²) in [6.45, 7) is 2.11. The first-order chi connectivity index (χ1) is 8.19. The van der Waals surface area contributed by atoms with Crippen LogP contribution in [0.3, 0.4) is 0 Å². The standard InChI is InChI=1S/C14H14BrNO/c1-2-8-5-10(15)6-11-13(17)7-12(9-3-4-9)16-14(8)11/h5-7,9H,2-4H2,1H3,(H,16,17). The number of rotatable bonds is 2. The Bertz CT molecular complexity index is 640. The van der Waals surface area contributed by atoms with Crippen molar-refractivity contribution in [2.45, 2.75) is 32.1 Å². The maximum Gasteiger partial charge on any atom is 0.189 e. The van der Waals surface area contributed by atoms with Gasteiger partial charge in [-0.05, 0) is 42.9 Å². The lowest BCUT2D eigenvalue weighted by Gasteiger charge is -2.08. The van der Waals surface area contributed by atoms with Gasteiger partial charge in [0.15, 0.2) is 5.43 Å². The lowest BCUT2D eigenvalue weighted by molar-refractivity contribution is 1.03. The Labute approximate surface area is 108 Å². The van der Waals surface area contributed by atoms with Crippen LogP contribution in [0.1, 0.15) is 36.9 Å². The second kappa shape index (κ2) is 3.98. The molecule has 1 saturated carbocycles. The minimum Gasteiger partial charge on any atom is -0.358 e. The van der Waals surface area contributed by atoms with Crippen LogP contribution in [0.5, 0.6) is 0 Å². The van der Waals surface area contributed by atoms with Crippen LogP contribution in [0.2, 0.25) is 0 Å². The summed E-state index contributed by atoms with van der Waals surface area (Å²) in [6.07, 6.45) is 3.35. The summed E-state index contributed by atoms with van der Waals surface area (Å²) in [7, 11) is 0. The minimum absolute atomic E-state index is 0.136. The number of hydrogen-bond acceptors (Lipinski definition) is 1. The highest BCUT2D eigenvalue weighted by Crippen LogP contribution is 2.39. The first-order valence-corrected chi connectivity index (χ1v) is 6.83. The van der Waals surface area contributed by atoms with Crippen molar-refractivity contribution in [1.82, 2.24) is 4.98 Å². The molecule has 1 aromatic carbocycles. The van der Waals surface area contributed by atoms with Gasteiger partial charge in [0.25, 0.3) is 0 Å². The van der Waals surface area contributed by atoms with Crippen molar-refractivity contribution in [2.24, 2.45) is 0 Å². The van der Waals surface area contributed by atoms with Crippen LogP contribution >= 0.6 is 15.9 Å². The monoisotopic (exact) mass is 291 g/mol. The van der Waals surface area contributed by atoms with Gasteiger partial charge in [-0.25, -0.2) is 0 Å². The Kier molecular flexibility index (Phi) is 2.58. The zero-order valence-corrected chi connectivity index (χ0v) is 11.3. The highest BCUT2D eigenvalue weighted by atomic mass is 79.9. The van der Waals surface area contributed by atoms with E-state index in [4.69, 9.17) is 0 Å². The molecule has 0 bridgehead atoms. The largest absolute Gasteiger partial charge is 0.358 e. The van der Waals surface area contributed by atoms with Crippen LogP contribution < -0.4 is 5.43 Å². The molecule has 1 fully saturated rings. The molecule has 0 radical (unpaired) electrons. The van der Waals surface area contributed by atoms with Crippen LogP contribution in [0, 0.1) is 0 Å². The SMILES string of the molecule is CCc1cc(Br)cc2c(=O)cc(C3CC3)[nH]c12. The van der Waals surface area contributed by atoms with Gasteiger partial charge in [0, 0.05) is 21.6 Å². The van der Waals surface area contributed by atoms with Gasteiger partial charge < -0.3 is 4.98 Å². The molecule has 88 valence electrons. The van der Waals surface area contributed by atoms with E-state index in [1.54, 1.807) is 6.07 Å². The normalized spacial score (nSPS) is 15.4. The van der Waals surface area contributed by atoms with Gasteiger partial charge in [0.05, 0.1) is 5.52 Å². The fraction of sp³-hybridized carbons (Fsp3) is 0.357. The van der Waals surface area contributed by atoms with Crippen LogP contribution in [0.25, 0.3) is 10.9 Å². The van der Waals surface area contributed by atoms with Gasteiger partial charge in [-0.1, -0.05) is 22.9 Å². The fourth-order valence-electron chi connectivity index (χ4n) is 2.30. The zero-order chi connectivity index (χ0) is 12.0. The summed E-state index contributed by atoms with van der Waals surface area (Å²) in [4.78, 5) is 15.6. The molecule has 3 rings (SSSR count). The lowest BCUT2D eigenvalue weighted by Crippen LogP contribution is -2.06. The second-order valence-corrected chi connectivity index (χ2v) is 5.62. The van der Waals surface area contributed by atoms with Crippen molar-refractivity contribution in [2.75, 3.05) is 0 Å². The van der Waals surface area contributed by atoms with Crippen molar-refractivity contribution in [1.29, 1.82) is 0 Å². The van der Waals surface area contributed by atoms with Crippen molar-refractivity contribution < 1.29 is 0 Å². The molecule has 1 aliphatic carbocycles. The van der Waals surface area contributed by atoms with Gasteiger partial charge in [-0.2, -0.15) is 0 Å². The first kappa shape index (κ1) is 11.0. The average molecular weight is 292 g/mol. The summed E-state index contributed by atoms with van der Waals surface area (Å²) in [6, 6.07) is 5.77. The van der Waals surface area contributed by atoms with Gasteiger partial charge >= 0.3 is 0 Å². The van der Waals surface area contributed by atoms with E-state index in [0.29, 0.717) is 5.92 Å². The van der Waals surface area contributed by atoms with E-state index < -0.39 is 0 Å². The maximum atomic E-state index is 12.1. The van der Waals surface area contributed by atoms with Crippen LogP contribution in [-0.2, 0) is 6.42 Å². The van der Waals surface area contributed by atoms with E-state index in [9.17, 15) is 4.79 Å². The number of nitrogens with one attached hydrogen (secondary N) is 1. The second-order valence-electron chi connectivity index (χ2n) is 4.70. The van der Waals surface area contributed by atoms with E-state index in [0.717, 1.165) is 27.5 Å². The third-order valence-corrected chi connectivity index (χ3v) is 3.86. The molecular weight excluding hydrogens is 278 g/mol. The molecule has 1 heterocycles. The highest BCUT2D eigenvalue weighted by molar-refractivity contribution is 9.10. The molecule has 1 N–H and O–H groups in total. The number of fused-ring (bicyclic) bond motifs is 1. The van der Waals surface area contributed by atoms with E-state index >= 15 is 0 Å². The summed E-state index contributed by atoms with van der Waals surface area (Å²) in [5, 5.41) is 0.792. The topological polar surface area (TPSA) is 32.9 Å². The van der Waals surface area contributed by atoms with Gasteiger partial charge in [-0.15, -0.1) is 0 Å². The molecule has 0 spiro atoms. The van der Waals surface area contributed by atoms with Gasteiger partial charge in [-0.3, -0.25) is 4.79 Å². The van der Waals surface area contributed by atoms with Crippen LogP contribution in [0.15, 0.2) is 27.5 Å². The van der Waals surface area contributed by atoms with Gasteiger partial charge in [0.1, 0.15) is 0 Å². The predicted octanol–water partition coefficient (Wildman–Crippen LogP) is 3.73. The number of aryl methyl sites for hydroxylation is 1. The third kappa shape index (κ3) is 1.93. The smallest absolute Gasteiger partial charge is 0.189 e. The van der Waals surface area contributed by atoms with E-state index in [-0.39, 0.29) is 5.43 Å². The van der Waals surface area contributed by atoms with Crippen molar-refractivity contribution in [3.8, 4) is 0 Å². The Hall–Kier alpha value is -1.09. The van der Waals surface area contributed by atoms with E-state index in [1.807, 2.05) is 6.07 Å². The number of hydrogen-bond donors (Lipinski definition) is 1. The summed E-state index contributed by atoms with van der Waals surface area (Å²) in [5.41, 5.74) is 3.47. The quantitative estimate of drug-likeness (QED) is 0.898. The molecule has 1 aromatic heterocycles. The number of H-pyrrole nitrogens is 1. The molecule has 0 saturated heterocycles.